The molecular formula is C22H21ClN2O2S. The summed E-state index contributed by atoms with van der Waals surface area (Å²) in [6, 6.07) is 15.3. The summed E-state index contributed by atoms with van der Waals surface area (Å²) in [5.74, 6) is 1.37. The molecular weight excluding hydrogens is 392 g/mol. The highest BCUT2D eigenvalue weighted by Crippen LogP contribution is 2.32. The molecule has 1 aliphatic carbocycles. The smallest absolute Gasteiger partial charge is 0.277 e. The lowest BCUT2D eigenvalue weighted by molar-refractivity contribution is 0.102. The molecule has 0 spiro atoms. The second kappa shape index (κ2) is 8.93. The minimum Gasteiger partial charge on any atom is -0.411 e. The zero-order valence-corrected chi connectivity index (χ0v) is 17.0. The number of carbonyl (C=O) groups excluding carboxylic acids is 1. The van der Waals surface area contributed by atoms with Gasteiger partial charge in [0.25, 0.3) is 5.22 Å². The molecule has 4 rings (SSSR count). The van der Waals surface area contributed by atoms with Gasteiger partial charge in [0.2, 0.25) is 5.89 Å². The number of carbonyl (C=O) groups is 1. The summed E-state index contributed by atoms with van der Waals surface area (Å²) >= 11 is 7.25. The van der Waals surface area contributed by atoms with E-state index in [2.05, 4.69) is 22.3 Å². The van der Waals surface area contributed by atoms with Crippen LogP contribution in [0.1, 0.15) is 53.9 Å². The van der Waals surface area contributed by atoms with Crippen LogP contribution in [0.3, 0.4) is 0 Å². The van der Waals surface area contributed by atoms with E-state index in [0.29, 0.717) is 22.1 Å². The van der Waals surface area contributed by atoms with Crippen LogP contribution < -0.4 is 0 Å². The monoisotopic (exact) mass is 412 g/mol. The highest BCUT2D eigenvalue weighted by Gasteiger charge is 2.17. The molecule has 1 saturated carbocycles. The molecule has 0 N–H and O–H groups in total. The van der Waals surface area contributed by atoms with Crippen molar-refractivity contribution in [2.24, 2.45) is 0 Å². The Morgan fingerprint density at radius 3 is 2.61 bits per heavy atom. The lowest BCUT2D eigenvalue weighted by Gasteiger charge is -2.22. The number of benzene rings is 2. The van der Waals surface area contributed by atoms with Crippen molar-refractivity contribution in [3.63, 3.8) is 0 Å². The molecule has 28 heavy (non-hydrogen) atoms. The molecule has 3 aromatic rings. The number of ketones is 1. The van der Waals surface area contributed by atoms with Crippen molar-refractivity contribution in [3.05, 3.63) is 64.7 Å². The van der Waals surface area contributed by atoms with E-state index in [4.69, 9.17) is 16.0 Å². The number of Topliss-reactive ketones (excluding diaryl/α,β-unsaturated/α-hetero) is 1. The summed E-state index contributed by atoms with van der Waals surface area (Å²) in [5.41, 5.74) is 2.84. The lowest BCUT2D eigenvalue weighted by Crippen LogP contribution is -2.06. The van der Waals surface area contributed by atoms with E-state index in [0.717, 1.165) is 11.1 Å². The zero-order chi connectivity index (χ0) is 19.3. The summed E-state index contributed by atoms with van der Waals surface area (Å²) in [5, 5.41) is 9.03. The van der Waals surface area contributed by atoms with Crippen LogP contribution in [0.15, 0.2) is 58.2 Å². The standard InChI is InChI=1S/C22H21ClN2O2S/c23-19-8-4-7-18(13-19)21-24-25-22(27-21)28-14-20(26)17-11-9-16(10-12-17)15-5-2-1-3-6-15/h4,7-13,15H,1-3,5-6,14H2. The predicted octanol–water partition coefficient (Wildman–Crippen LogP) is 6.41. The van der Waals surface area contributed by atoms with Gasteiger partial charge >= 0.3 is 0 Å². The quantitative estimate of drug-likeness (QED) is 0.345. The maximum atomic E-state index is 12.5. The maximum Gasteiger partial charge on any atom is 0.277 e. The Bertz CT molecular complexity index is 949. The van der Waals surface area contributed by atoms with Crippen molar-refractivity contribution in [3.8, 4) is 11.5 Å². The predicted molar refractivity (Wildman–Crippen MR) is 112 cm³/mol. The van der Waals surface area contributed by atoms with Gasteiger partial charge in [0.1, 0.15) is 0 Å². The fourth-order valence-corrected chi connectivity index (χ4v) is 4.44. The fourth-order valence-electron chi connectivity index (χ4n) is 3.59. The Morgan fingerprint density at radius 2 is 1.86 bits per heavy atom. The average molecular weight is 413 g/mol. The second-order valence-corrected chi connectivity index (χ2v) is 8.42. The van der Waals surface area contributed by atoms with E-state index in [1.54, 1.807) is 12.1 Å². The molecule has 0 amide bonds. The van der Waals surface area contributed by atoms with Gasteiger partial charge in [0, 0.05) is 16.1 Å². The SMILES string of the molecule is O=C(CSc1nnc(-c2cccc(Cl)c2)o1)c1ccc(C2CCCCC2)cc1. The van der Waals surface area contributed by atoms with Gasteiger partial charge in [-0.25, -0.2) is 0 Å². The van der Waals surface area contributed by atoms with Gasteiger partial charge in [0.05, 0.1) is 5.75 Å². The lowest BCUT2D eigenvalue weighted by atomic mass is 9.84. The van der Waals surface area contributed by atoms with Gasteiger partial charge in [-0.2, -0.15) is 0 Å². The van der Waals surface area contributed by atoms with Crippen molar-refractivity contribution < 1.29 is 9.21 Å². The number of hydrogen-bond acceptors (Lipinski definition) is 5. The summed E-state index contributed by atoms with van der Waals surface area (Å²) < 4.78 is 5.64. The summed E-state index contributed by atoms with van der Waals surface area (Å²) in [4.78, 5) is 12.5. The van der Waals surface area contributed by atoms with E-state index in [1.165, 1.54) is 49.4 Å². The second-order valence-electron chi connectivity index (χ2n) is 7.05. The number of nitrogens with zero attached hydrogens (tertiary/aromatic N) is 2. The minimum atomic E-state index is 0.0581. The number of rotatable bonds is 6. The molecule has 1 heterocycles. The van der Waals surface area contributed by atoms with Crippen LogP contribution in [-0.4, -0.2) is 21.7 Å². The van der Waals surface area contributed by atoms with Crippen LogP contribution in [0.5, 0.6) is 0 Å². The van der Waals surface area contributed by atoms with Crippen LogP contribution in [0.4, 0.5) is 0 Å². The molecule has 6 heteroatoms. The summed E-state index contributed by atoms with van der Waals surface area (Å²) in [6.07, 6.45) is 6.48. The first-order valence-corrected chi connectivity index (χ1v) is 10.9. The molecule has 0 unspecified atom stereocenters. The van der Waals surface area contributed by atoms with Crippen molar-refractivity contribution in [2.45, 2.75) is 43.2 Å². The average Bonchev–Trinajstić information content (AvgIpc) is 3.22. The number of hydrogen-bond donors (Lipinski definition) is 0. The molecule has 0 atom stereocenters. The van der Waals surface area contributed by atoms with Gasteiger partial charge in [-0.15, -0.1) is 10.2 Å². The zero-order valence-electron chi connectivity index (χ0n) is 15.4. The summed E-state index contributed by atoms with van der Waals surface area (Å²) in [7, 11) is 0. The minimum absolute atomic E-state index is 0.0581. The van der Waals surface area contributed by atoms with Gasteiger partial charge in [-0.05, 0) is 42.5 Å². The third kappa shape index (κ3) is 4.65. The molecule has 0 aliphatic heterocycles. The third-order valence-electron chi connectivity index (χ3n) is 5.11. The Kier molecular flexibility index (Phi) is 6.13. The Hall–Kier alpha value is -2.11. The van der Waals surface area contributed by atoms with Crippen molar-refractivity contribution in [1.82, 2.24) is 10.2 Å². The Morgan fingerprint density at radius 1 is 1.07 bits per heavy atom. The van der Waals surface area contributed by atoms with Crippen LogP contribution in [0.2, 0.25) is 5.02 Å². The summed E-state index contributed by atoms with van der Waals surface area (Å²) in [6.45, 7) is 0. The molecule has 144 valence electrons. The largest absolute Gasteiger partial charge is 0.411 e. The van der Waals surface area contributed by atoms with Crippen LogP contribution in [-0.2, 0) is 0 Å². The number of thioether (sulfide) groups is 1. The molecule has 4 nitrogen and oxygen atoms in total. The maximum absolute atomic E-state index is 12.5. The van der Waals surface area contributed by atoms with Crippen molar-refractivity contribution >= 4 is 29.1 Å². The highest BCUT2D eigenvalue weighted by atomic mass is 35.5. The van der Waals surface area contributed by atoms with Gasteiger partial charge in [0.15, 0.2) is 5.78 Å². The normalized spacial score (nSPS) is 14.9. The molecule has 2 aromatic carbocycles. The first-order valence-electron chi connectivity index (χ1n) is 9.54. The third-order valence-corrected chi connectivity index (χ3v) is 6.17. The first kappa shape index (κ1) is 19.2. The Balaban J connectivity index is 1.35. The Labute approximate surface area is 173 Å². The molecule has 0 radical (unpaired) electrons. The van der Waals surface area contributed by atoms with Gasteiger partial charge in [-0.3, -0.25) is 4.79 Å². The molecule has 0 bridgehead atoms. The van der Waals surface area contributed by atoms with E-state index in [-0.39, 0.29) is 11.5 Å². The van der Waals surface area contributed by atoms with Crippen LogP contribution in [0.25, 0.3) is 11.5 Å². The van der Waals surface area contributed by atoms with E-state index in [1.807, 2.05) is 24.3 Å². The van der Waals surface area contributed by atoms with Crippen LogP contribution >= 0.6 is 23.4 Å². The van der Waals surface area contributed by atoms with Gasteiger partial charge in [-0.1, -0.05) is 73.0 Å². The van der Waals surface area contributed by atoms with E-state index in [9.17, 15) is 4.79 Å². The molecule has 1 aliphatic rings. The molecule has 1 fully saturated rings. The molecule has 0 saturated heterocycles. The number of halogens is 1. The van der Waals surface area contributed by atoms with Crippen molar-refractivity contribution in [2.75, 3.05) is 5.75 Å². The fraction of sp³-hybridized carbons (Fsp3) is 0.318. The molecule has 1 aromatic heterocycles. The van der Waals surface area contributed by atoms with Gasteiger partial charge < -0.3 is 4.42 Å². The first-order chi connectivity index (χ1) is 13.7. The van der Waals surface area contributed by atoms with E-state index < -0.39 is 0 Å². The van der Waals surface area contributed by atoms with Crippen LogP contribution in [0, 0.1) is 0 Å². The van der Waals surface area contributed by atoms with Crippen molar-refractivity contribution in [1.29, 1.82) is 0 Å². The van der Waals surface area contributed by atoms with E-state index >= 15 is 0 Å². The topological polar surface area (TPSA) is 56.0 Å². The highest BCUT2D eigenvalue weighted by molar-refractivity contribution is 7.99. The number of aromatic nitrogens is 2.